The van der Waals surface area contributed by atoms with Crippen molar-refractivity contribution < 1.29 is 8.42 Å². The second-order valence-corrected chi connectivity index (χ2v) is 6.24. The molecule has 1 unspecified atom stereocenters. The molecule has 0 amide bonds. The molecule has 2 N–H and O–H groups in total. The lowest BCUT2D eigenvalue weighted by atomic mass is 10.1. The highest BCUT2D eigenvalue weighted by atomic mass is 32.2. The van der Waals surface area contributed by atoms with Gasteiger partial charge in [0, 0.05) is 17.4 Å². The second-order valence-electron chi connectivity index (χ2n) is 4.49. The zero-order valence-corrected chi connectivity index (χ0v) is 12.0. The number of benzene rings is 1. The monoisotopic (exact) mass is 270 g/mol. The van der Waals surface area contributed by atoms with E-state index in [-0.39, 0.29) is 0 Å². The fourth-order valence-corrected chi connectivity index (χ4v) is 2.38. The Labute approximate surface area is 110 Å². The van der Waals surface area contributed by atoms with Crippen LogP contribution in [0, 0.1) is 0 Å². The Morgan fingerprint density at radius 2 is 1.67 bits per heavy atom. The van der Waals surface area contributed by atoms with Gasteiger partial charge < -0.3 is 5.32 Å². The van der Waals surface area contributed by atoms with E-state index in [1.54, 1.807) is 12.1 Å². The number of nitrogens with one attached hydrogen (secondary N) is 2. The molecule has 0 saturated heterocycles. The molecule has 0 aliphatic rings. The SMILES string of the molecule is CCCC(CC)Nc1ccc(NS(C)(=O)=O)cc1. The van der Waals surface area contributed by atoms with Gasteiger partial charge in [0.15, 0.2) is 0 Å². The molecule has 1 aromatic rings. The first-order valence-corrected chi connectivity index (χ1v) is 8.18. The summed E-state index contributed by atoms with van der Waals surface area (Å²) in [6, 6.07) is 7.80. The first-order chi connectivity index (χ1) is 8.44. The van der Waals surface area contributed by atoms with Crippen molar-refractivity contribution in [2.24, 2.45) is 0 Å². The Balaban J connectivity index is 2.65. The van der Waals surface area contributed by atoms with Gasteiger partial charge >= 0.3 is 0 Å². The molecule has 0 bridgehead atoms. The van der Waals surface area contributed by atoms with Crippen LogP contribution in [0.1, 0.15) is 33.1 Å². The van der Waals surface area contributed by atoms with Gasteiger partial charge in [0.05, 0.1) is 6.26 Å². The fraction of sp³-hybridized carbons (Fsp3) is 0.538. The van der Waals surface area contributed by atoms with E-state index in [4.69, 9.17) is 0 Å². The van der Waals surface area contributed by atoms with Crippen molar-refractivity contribution in [1.29, 1.82) is 0 Å². The molecule has 1 atom stereocenters. The van der Waals surface area contributed by atoms with E-state index in [1.165, 1.54) is 0 Å². The molecule has 0 aliphatic heterocycles. The van der Waals surface area contributed by atoms with Crippen LogP contribution in [0.3, 0.4) is 0 Å². The molecule has 0 aliphatic carbocycles. The van der Waals surface area contributed by atoms with Gasteiger partial charge in [-0.3, -0.25) is 4.72 Å². The topological polar surface area (TPSA) is 58.2 Å². The average Bonchev–Trinajstić information content (AvgIpc) is 2.29. The molecule has 102 valence electrons. The largest absolute Gasteiger partial charge is 0.382 e. The van der Waals surface area contributed by atoms with Crippen molar-refractivity contribution >= 4 is 21.4 Å². The van der Waals surface area contributed by atoms with E-state index in [0.29, 0.717) is 11.7 Å². The number of rotatable bonds is 7. The minimum absolute atomic E-state index is 0.476. The third-order valence-electron chi connectivity index (χ3n) is 2.69. The molecule has 4 nitrogen and oxygen atoms in total. The Hall–Kier alpha value is -1.23. The molecular formula is C13H22N2O2S. The Morgan fingerprint density at radius 1 is 1.11 bits per heavy atom. The molecule has 1 aromatic carbocycles. The van der Waals surface area contributed by atoms with Crippen molar-refractivity contribution in [2.75, 3.05) is 16.3 Å². The quantitative estimate of drug-likeness (QED) is 0.800. The van der Waals surface area contributed by atoms with Crippen molar-refractivity contribution in [3.63, 3.8) is 0 Å². The standard InChI is InChI=1S/C13H22N2O2S/c1-4-6-11(5-2)14-12-7-9-13(10-8-12)15-18(3,16)17/h7-11,14-15H,4-6H2,1-3H3. The summed E-state index contributed by atoms with van der Waals surface area (Å²) in [4.78, 5) is 0. The summed E-state index contributed by atoms with van der Waals surface area (Å²) in [5, 5.41) is 3.44. The minimum Gasteiger partial charge on any atom is -0.382 e. The smallest absolute Gasteiger partial charge is 0.229 e. The fourth-order valence-electron chi connectivity index (χ4n) is 1.81. The van der Waals surface area contributed by atoms with Crippen LogP contribution in [0.15, 0.2) is 24.3 Å². The van der Waals surface area contributed by atoms with E-state index in [1.807, 2.05) is 12.1 Å². The van der Waals surface area contributed by atoms with E-state index in [0.717, 1.165) is 31.2 Å². The van der Waals surface area contributed by atoms with Gasteiger partial charge in [-0.1, -0.05) is 20.3 Å². The normalized spacial score (nSPS) is 13.1. The summed E-state index contributed by atoms with van der Waals surface area (Å²) in [6.45, 7) is 4.33. The van der Waals surface area contributed by atoms with Crippen LogP contribution in [0.25, 0.3) is 0 Å². The maximum Gasteiger partial charge on any atom is 0.229 e. The molecule has 5 heteroatoms. The summed E-state index contributed by atoms with van der Waals surface area (Å²) in [5.41, 5.74) is 1.61. The van der Waals surface area contributed by atoms with E-state index >= 15 is 0 Å². The summed E-state index contributed by atoms with van der Waals surface area (Å²) >= 11 is 0. The van der Waals surface area contributed by atoms with Gasteiger partial charge in [0.2, 0.25) is 10.0 Å². The van der Waals surface area contributed by atoms with E-state index < -0.39 is 10.0 Å². The summed E-state index contributed by atoms with van der Waals surface area (Å²) in [7, 11) is -3.20. The van der Waals surface area contributed by atoms with Crippen LogP contribution in [0.2, 0.25) is 0 Å². The first kappa shape index (κ1) is 14.8. The Kier molecular flexibility index (Phi) is 5.47. The summed E-state index contributed by atoms with van der Waals surface area (Å²) in [5.74, 6) is 0. The maximum absolute atomic E-state index is 11.1. The van der Waals surface area contributed by atoms with Crippen molar-refractivity contribution in [1.82, 2.24) is 0 Å². The average molecular weight is 270 g/mol. The second kappa shape index (κ2) is 6.64. The third-order valence-corrected chi connectivity index (χ3v) is 3.30. The lowest BCUT2D eigenvalue weighted by Gasteiger charge is -2.17. The lowest BCUT2D eigenvalue weighted by Crippen LogP contribution is -2.17. The van der Waals surface area contributed by atoms with Gasteiger partial charge in [-0.2, -0.15) is 0 Å². The molecule has 0 saturated carbocycles. The van der Waals surface area contributed by atoms with Gasteiger partial charge in [-0.25, -0.2) is 8.42 Å². The van der Waals surface area contributed by atoms with Gasteiger partial charge in [0.1, 0.15) is 0 Å². The van der Waals surface area contributed by atoms with Crippen molar-refractivity contribution in [2.45, 2.75) is 39.2 Å². The minimum atomic E-state index is -3.20. The van der Waals surface area contributed by atoms with Gasteiger partial charge in [-0.05, 0) is 37.1 Å². The van der Waals surface area contributed by atoms with Gasteiger partial charge in [0.25, 0.3) is 0 Å². The van der Waals surface area contributed by atoms with Crippen LogP contribution < -0.4 is 10.0 Å². The first-order valence-electron chi connectivity index (χ1n) is 6.29. The highest BCUT2D eigenvalue weighted by molar-refractivity contribution is 7.92. The highest BCUT2D eigenvalue weighted by Crippen LogP contribution is 2.17. The molecule has 0 spiro atoms. The van der Waals surface area contributed by atoms with Crippen LogP contribution in [-0.2, 0) is 10.0 Å². The molecule has 0 radical (unpaired) electrons. The third kappa shape index (κ3) is 5.40. The summed E-state index contributed by atoms with van der Waals surface area (Å²) < 4.78 is 24.6. The Morgan fingerprint density at radius 3 is 2.11 bits per heavy atom. The van der Waals surface area contributed by atoms with E-state index in [9.17, 15) is 8.42 Å². The molecule has 0 heterocycles. The van der Waals surface area contributed by atoms with Gasteiger partial charge in [-0.15, -0.1) is 0 Å². The Bertz CT molecular complexity index is 454. The predicted molar refractivity (Wildman–Crippen MR) is 77.5 cm³/mol. The van der Waals surface area contributed by atoms with E-state index in [2.05, 4.69) is 23.9 Å². The highest BCUT2D eigenvalue weighted by Gasteiger charge is 2.05. The van der Waals surface area contributed by atoms with Crippen molar-refractivity contribution in [3.05, 3.63) is 24.3 Å². The molecule has 0 aromatic heterocycles. The van der Waals surface area contributed by atoms with Crippen LogP contribution >= 0.6 is 0 Å². The molecule has 1 rings (SSSR count). The zero-order chi connectivity index (χ0) is 13.6. The van der Waals surface area contributed by atoms with Crippen molar-refractivity contribution in [3.8, 4) is 0 Å². The van der Waals surface area contributed by atoms with Crippen LogP contribution in [0.4, 0.5) is 11.4 Å². The predicted octanol–water partition coefficient (Wildman–Crippen LogP) is 3.05. The van der Waals surface area contributed by atoms with Crippen LogP contribution in [-0.4, -0.2) is 20.7 Å². The molecular weight excluding hydrogens is 248 g/mol. The number of anilines is 2. The number of hydrogen-bond donors (Lipinski definition) is 2. The maximum atomic E-state index is 11.1. The number of sulfonamides is 1. The summed E-state index contributed by atoms with van der Waals surface area (Å²) in [6.07, 6.45) is 4.52. The van der Waals surface area contributed by atoms with Crippen LogP contribution in [0.5, 0.6) is 0 Å². The number of hydrogen-bond acceptors (Lipinski definition) is 3. The lowest BCUT2D eigenvalue weighted by molar-refractivity contribution is 0.607. The molecule has 18 heavy (non-hydrogen) atoms. The zero-order valence-electron chi connectivity index (χ0n) is 11.2. The molecule has 0 fully saturated rings.